The molecule has 8 nitrogen and oxygen atoms in total. The molecule has 2 aromatic carbocycles. The number of carbonyl (C=O) groups is 1. The Hall–Kier alpha value is -2.53. The van der Waals surface area contributed by atoms with Gasteiger partial charge in [-0.2, -0.15) is 4.31 Å². The first-order chi connectivity index (χ1) is 15.7. The molecule has 0 aromatic heterocycles. The van der Waals surface area contributed by atoms with Crippen LogP contribution in [0.1, 0.15) is 37.3 Å². The van der Waals surface area contributed by atoms with Crippen LogP contribution in [0.4, 0.5) is 0 Å². The van der Waals surface area contributed by atoms with Crippen molar-refractivity contribution >= 4 is 32.0 Å². The quantitative estimate of drug-likeness (QED) is 0.524. The van der Waals surface area contributed by atoms with Gasteiger partial charge in [0.05, 0.1) is 9.79 Å². The molecule has 0 atom stereocenters. The third kappa shape index (κ3) is 6.73. The van der Waals surface area contributed by atoms with Crippen LogP contribution in [0.5, 0.6) is 0 Å². The molecule has 3 rings (SSSR count). The Morgan fingerprint density at radius 3 is 2.12 bits per heavy atom. The average molecular weight is 492 g/mol. The molecular formula is C23H29N3O5S2. The molecule has 1 fully saturated rings. The smallest absolute Gasteiger partial charge is 0.244 e. The highest BCUT2D eigenvalue weighted by molar-refractivity contribution is 7.89. The fourth-order valence-electron chi connectivity index (χ4n) is 3.49. The molecule has 1 aliphatic rings. The van der Waals surface area contributed by atoms with E-state index in [-0.39, 0.29) is 22.2 Å². The predicted molar refractivity (Wildman–Crippen MR) is 127 cm³/mol. The predicted octanol–water partition coefficient (Wildman–Crippen LogP) is 2.49. The maximum absolute atomic E-state index is 12.7. The van der Waals surface area contributed by atoms with Gasteiger partial charge >= 0.3 is 0 Å². The maximum atomic E-state index is 12.7. The van der Waals surface area contributed by atoms with Crippen LogP contribution in [0, 0.1) is 0 Å². The normalized spacial score (nSPS) is 15.5. The summed E-state index contributed by atoms with van der Waals surface area (Å²) in [4.78, 5) is 12.6. The minimum Gasteiger partial charge on any atom is -0.348 e. The minimum atomic E-state index is -3.51. The van der Waals surface area contributed by atoms with Gasteiger partial charge in [0.1, 0.15) is 0 Å². The van der Waals surface area contributed by atoms with Gasteiger partial charge in [0.25, 0.3) is 0 Å². The van der Waals surface area contributed by atoms with Gasteiger partial charge in [0.2, 0.25) is 26.0 Å². The molecule has 0 radical (unpaired) electrons. The third-order valence-electron chi connectivity index (χ3n) is 5.29. The molecular weight excluding hydrogens is 462 g/mol. The molecule has 0 unspecified atom stereocenters. The first kappa shape index (κ1) is 25.1. The Labute approximate surface area is 195 Å². The van der Waals surface area contributed by atoms with E-state index < -0.39 is 20.0 Å². The van der Waals surface area contributed by atoms with Crippen molar-refractivity contribution in [1.29, 1.82) is 0 Å². The van der Waals surface area contributed by atoms with Gasteiger partial charge in [0.15, 0.2) is 0 Å². The van der Waals surface area contributed by atoms with Crippen molar-refractivity contribution in [2.45, 2.75) is 42.5 Å². The summed E-state index contributed by atoms with van der Waals surface area (Å²) in [6, 6.07) is 12.7. The van der Waals surface area contributed by atoms with E-state index in [4.69, 9.17) is 0 Å². The van der Waals surface area contributed by atoms with E-state index in [0.717, 1.165) is 24.8 Å². The highest BCUT2D eigenvalue weighted by atomic mass is 32.2. The molecule has 0 bridgehead atoms. The van der Waals surface area contributed by atoms with Crippen molar-refractivity contribution in [3.8, 4) is 0 Å². The van der Waals surface area contributed by atoms with Crippen LogP contribution in [-0.4, -0.2) is 46.7 Å². The summed E-state index contributed by atoms with van der Waals surface area (Å²) in [5, 5.41) is 2.75. The lowest BCUT2D eigenvalue weighted by atomic mass is 10.2. The zero-order chi connectivity index (χ0) is 23.9. The standard InChI is InChI=1S/C23H29N3O5S2/c1-2-25-32(28,29)21-11-6-19(7-12-21)10-15-23(27)24-18-20-8-13-22(14-9-20)33(30,31)26-16-4-3-5-17-26/h6-15,25H,2-5,16-18H2,1H3,(H,24,27)/b15-10+. The summed E-state index contributed by atoms with van der Waals surface area (Å²) in [5.41, 5.74) is 1.47. The first-order valence-electron chi connectivity index (χ1n) is 10.9. The molecule has 2 aromatic rings. The van der Waals surface area contributed by atoms with Gasteiger partial charge < -0.3 is 5.32 Å². The van der Waals surface area contributed by atoms with Crippen LogP contribution in [0.3, 0.4) is 0 Å². The molecule has 1 amide bonds. The van der Waals surface area contributed by atoms with Gasteiger partial charge in [-0.25, -0.2) is 21.6 Å². The number of sulfonamides is 2. The van der Waals surface area contributed by atoms with E-state index in [1.54, 1.807) is 49.4 Å². The number of piperidine rings is 1. The van der Waals surface area contributed by atoms with E-state index in [9.17, 15) is 21.6 Å². The number of hydrogen-bond acceptors (Lipinski definition) is 5. The van der Waals surface area contributed by atoms with Crippen molar-refractivity contribution < 1.29 is 21.6 Å². The number of rotatable bonds is 9. The van der Waals surface area contributed by atoms with Crippen molar-refractivity contribution in [2.75, 3.05) is 19.6 Å². The fourth-order valence-corrected chi connectivity index (χ4v) is 6.04. The van der Waals surface area contributed by atoms with E-state index in [0.29, 0.717) is 25.2 Å². The summed E-state index contributed by atoms with van der Waals surface area (Å²) in [6.07, 6.45) is 5.78. The summed E-state index contributed by atoms with van der Waals surface area (Å²) in [7, 11) is -6.98. The lowest BCUT2D eigenvalue weighted by Crippen LogP contribution is -2.35. The van der Waals surface area contributed by atoms with Gasteiger partial charge in [-0.15, -0.1) is 0 Å². The van der Waals surface area contributed by atoms with Crippen LogP contribution in [0.15, 0.2) is 64.4 Å². The Morgan fingerprint density at radius 1 is 0.909 bits per heavy atom. The Balaban J connectivity index is 1.54. The summed E-state index contributed by atoms with van der Waals surface area (Å²) < 4.78 is 53.3. The molecule has 1 heterocycles. The second kappa shape index (κ2) is 11.1. The number of nitrogens with zero attached hydrogens (tertiary/aromatic N) is 1. The van der Waals surface area contributed by atoms with E-state index in [2.05, 4.69) is 10.0 Å². The fraction of sp³-hybridized carbons (Fsp3) is 0.348. The lowest BCUT2D eigenvalue weighted by molar-refractivity contribution is -0.116. The monoisotopic (exact) mass is 491 g/mol. The van der Waals surface area contributed by atoms with Crippen LogP contribution >= 0.6 is 0 Å². The average Bonchev–Trinajstić information content (AvgIpc) is 2.82. The van der Waals surface area contributed by atoms with Crippen molar-refractivity contribution in [1.82, 2.24) is 14.3 Å². The van der Waals surface area contributed by atoms with Gasteiger partial charge in [-0.3, -0.25) is 4.79 Å². The highest BCUT2D eigenvalue weighted by Gasteiger charge is 2.25. The largest absolute Gasteiger partial charge is 0.348 e. The minimum absolute atomic E-state index is 0.164. The second-order valence-corrected chi connectivity index (χ2v) is 11.4. The summed E-state index contributed by atoms with van der Waals surface area (Å²) in [6.45, 7) is 3.38. The Morgan fingerprint density at radius 2 is 1.52 bits per heavy atom. The number of hydrogen-bond donors (Lipinski definition) is 2. The van der Waals surface area contributed by atoms with Gasteiger partial charge in [-0.1, -0.05) is 37.6 Å². The third-order valence-corrected chi connectivity index (χ3v) is 8.77. The summed E-state index contributed by atoms with van der Waals surface area (Å²) >= 11 is 0. The maximum Gasteiger partial charge on any atom is 0.244 e. The number of nitrogens with one attached hydrogen (secondary N) is 2. The lowest BCUT2D eigenvalue weighted by Gasteiger charge is -2.25. The Bertz CT molecular complexity index is 1180. The topological polar surface area (TPSA) is 113 Å². The van der Waals surface area contributed by atoms with Crippen LogP contribution in [0.2, 0.25) is 0 Å². The van der Waals surface area contributed by atoms with E-state index in [1.807, 2.05) is 0 Å². The number of carbonyl (C=O) groups excluding carboxylic acids is 1. The molecule has 1 aliphatic heterocycles. The molecule has 0 aliphatic carbocycles. The molecule has 0 spiro atoms. The zero-order valence-electron chi connectivity index (χ0n) is 18.5. The second-order valence-electron chi connectivity index (χ2n) is 7.73. The number of benzene rings is 2. The molecule has 178 valence electrons. The molecule has 0 saturated carbocycles. The molecule has 10 heteroatoms. The number of amides is 1. The van der Waals surface area contributed by atoms with Gasteiger partial charge in [0, 0.05) is 32.3 Å². The molecule has 2 N–H and O–H groups in total. The zero-order valence-corrected chi connectivity index (χ0v) is 20.2. The first-order valence-corrected chi connectivity index (χ1v) is 13.8. The van der Waals surface area contributed by atoms with E-state index >= 15 is 0 Å². The van der Waals surface area contributed by atoms with Crippen molar-refractivity contribution in [3.05, 3.63) is 65.7 Å². The van der Waals surface area contributed by atoms with Crippen LogP contribution < -0.4 is 10.0 Å². The highest BCUT2D eigenvalue weighted by Crippen LogP contribution is 2.21. The van der Waals surface area contributed by atoms with Crippen molar-refractivity contribution in [3.63, 3.8) is 0 Å². The summed E-state index contributed by atoms with van der Waals surface area (Å²) in [5.74, 6) is -0.315. The van der Waals surface area contributed by atoms with Crippen LogP contribution in [-0.2, 0) is 31.4 Å². The molecule has 1 saturated heterocycles. The van der Waals surface area contributed by atoms with Crippen molar-refractivity contribution in [2.24, 2.45) is 0 Å². The van der Waals surface area contributed by atoms with Gasteiger partial charge in [-0.05, 0) is 54.3 Å². The van der Waals surface area contributed by atoms with Crippen LogP contribution in [0.25, 0.3) is 6.08 Å². The Kier molecular flexibility index (Phi) is 8.41. The van der Waals surface area contributed by atoms with E-state index in [1.165, 1.54) is 22.5 Å². The molecule has 33 heavy (non-hydrogen) atoms. The SMILES string of the molecule is CCNS(=O)(=O)c1ccc(/C=C/C(=O)NCc2ccc(S(=O)(=O)N3CCCCC3)cc2)cc1.